The molecule has 1 atom stereocenters. The molecule has 0 saturated heterocycles. The van der Waals surface area contributed by atoms with Crippen molar-refractivity contribution in [2.45, 2.75) is 25.5 Å². The predicted octanol–water partition coefficient (Wildman–Crippen LogP) is 1.75. The van der Waals surface area contributed by atoms with Gasteiger partial charge in [-0.15, -0.1) is 0 Å². The van der Waals surface area contributed by atoms with E-state index in [1.165, 1.54) is 13.0 Å². The van der Waals surface area contributed by atoms with Gasteiger partial charge in [-0.3, -0.25) is 4.72 Å². The van der Waals surface area contributed by atoms with Gasteiger partial charge in [0.2, 0.25) is 10.0 Å². The van der Waals surface area contributed by atoms with Crippen molar-refractivity contribution in [3.8, 4) is 0 Å². The van der Waals surface area contributed by atoms with Gasteiger partial charge in [0, 0.05) is 6.54 Å². The molecule has 0 aliphatic rings. The number of nitrogens with one attached hydrogen (secondary N) is 1. The Balaban J connectivity index is 3.16. The molecular formula is C11H16F2N2O2S. The highest BCUT2D eigenvalue weighted by Gasteiger charge is 2.25. The molecule has 102 valence electrons. The predicted molar refractivity (Wildman–Crippen MR) is 66.8 cm³/mol. The van der Waals surface area contributed by atoms with Gasteiger partial charge < -0.3 is 5.73 Å². The van der Waals surface area contributed by atoms with Crippen molar-refractivity contribution < 1.29 is 17.2 Å². The third-order valence-electron chi connectivity index (χ3n) is 2.69. The van der Waals surface area contributed by atoms with Crippen LogP contribution in [0.3, 0.4) is 0 Å². The second kappa shape index (κ2) is 5.62. The minimum Gasteiger partial charge on any atom is -0.329 e. The van der Waals surface area contributed by atoms with E-state index in [1.54, 1.807) is 6.92 Å². The van der Waals surface area contributed by atoms with Crippen LogP contribution in [0.4, 0.5) is 14.5 Å². The fraction of sp³-hybridized carbons (Fsp3) is 0.455. The number of hydrogen-bond acceptors (Lipinski definition) is 3. The zero-order valence-electron chi connectivity index (χ0n) is 10.2. The maximum absolute atomic E-state index is 13.7. The van der Waals surface area contributed by atoms with Crippen LogP contribution in [-0.4, -0.2) is 20.2 Å². The quantitative estimate of drug-likeness (QED) is 0.862. The number of sulfonamides is 1. The highest BCUT2D eigenvalue weighted by molar-refractivity contribution is 7.93. The van der Waals surface area contributed by atoms with Crippen molar-refractivity contribution in [2.24, 2.45) is 5.73 Å². The van der Waals surface area contributed by atoms with E-state index >= 15 is 0 Å². The first-order chi connectivity index (χ1) is 8.33. The van der Waals surface area contributed by atoms with Crippen LogP contribution in [0.2, 0.25) is 0 Å². The molecule has 0 aliphatic carbocycles. The number of anilines is 1. The second-order valence-corrected chi connectivity index (χ2v) is 5.93. The third kappa shape index (κ3) is 2.97. The van der Waals surface area contributed by atoms with E-state index in [9.17, 15) is 17.2 Å². The lowest BCUT2D eigenvalue weighted by atomic mass is 10.2. The lowest BCUT2D eigenvalue weighted by Crippen LogP contribution is -2.34. The van der Waals surface area contributed by atoms with Crippen molar-refractivity contribution in [1.82, 2.24) is 0 Å². The monoisotopic (exact) mass is 278 g/mol. The summed E-state index contributed by atoms with van der Waals surface area (Å²) >= 11 is 0. The Hall–Kier alpha value is -1.21. The molecule has 0 saturated carbocycles. The Bertz CT molecular complexity index is 528. The van der Waals surface area contributed by atoms with Crippen LogP contribution in [-0.2, 0) is 10.0 Å². The fourth-order valence-corrected chi connectivity index (χ4v) is 2.82. The Morgan fingerprint density at radius 2 is 2.00 bits per heavy atom. The van der Waals surface area contributed by atoms with Gasteiger partial charge in [-0.05, 0) is 25.0 Å². The lowest BCUT2D eigenvalue weighted by Gasteiger charge is -2.16. The van der Waals surface area contributed by atoms with E-state index < -0.39 is 32.6 Å². The van der Waals surface area contributed by atoms with Crippen molar-refractivity contribution in [1.29, 1.82) is 0 Å². The average molecular weight is 278 g/mol. The second-order valence-electron chi connectivity index (χ2n) is 3.97. The van der Waals surface area contributed by atoms with Crippen LogP contribution < -0.4 is 10.5 Å². The fourth-order valence-electron chi connectivity index (χ4n) is 1.49. The number of rotatable bonds is 5. The van der Waals surface area contributed by atoms with E-state index in [1.807, 2.05) is 4.72 Å². The van der Waals surface area contributed by atoms with Gasteiger partial charge in [-0.2, -0.15) is 0 Å². The third-order valence-corrected chi connectivity index (χ3v) is 4.58. The zero-order chi connectivity index (χ0) is 13.9. The molecule has 0 amide bonds. The van der Waals surface area contributed by atoms with Gasteiger partial charge in [0.05, 0.1) is 5.25 Å². The van der Waals surface area contributed by atoms with Gasteiger partial charge in [0.15, 0.2) is 5.82 Å². The average Bonchev–Trinajstić information content (AvgIpc) is 2.31. The molecule has 1 aromatic carbocycles. The molecule has 3 N–H and O–H groups in total. The first kappa shape index (κ1) is 14.8. The van der Waals surface area contributed by atoms with Crippen molar-refractivity contribution in [2.75, 3.05) is 11.3 Å². The van der Waals surface area contributed by atoms with Crippen LogP contribution in [0.1, 0.15) is 18.9 Å². The number of hydrogen-bond donors (Lipinski definition) is 2. The van der Waals surface area contributed by atoms with E-state index in [-0.39, 0.29) is 18.5 Å². The summed E-state index contributed by atoms with van der Waals surface area (Å²) in [4.78, 5) is 0. The normalized spacial score (nSPS) is 13.4. The molecule has 0 fully saturated rings. The summed E-state index contributed by atoms with van der Waals surface area (Å²) in [6, 6.07) is 2.25. The van der Waals surface area contributed by atoms with Gasteiger partial charge in [0.25, 0.3) is 0 Å². The van der Waals surface area contributed by atoms with Crippen molar-refractivity contribution in [3.05, 3.63) is 29.3 Å². The van der Waals surface area contributed by atoms with Crippen LogP contribution >= 0.6 is 0 Å². The SMILES string of the molecule is CCC(CN)S(=O)(=O)Nc1c(F)ccc(C)c1F. The van der Waals surface area contributed by atoms with E-state index in [2.05, 4.69) is 0 Å². The standard InChI is InChI=1S/C11H16F2N2O2S/c1-3-8(6-14)18(16,17)15-11-9(12)5-4-7(2)10(11)13/h4-5,8,15H,3,6,14H2,1-2H3. The largest absolute Gasteiger partial charge is 0.329 e. The Labute approximate surface area is 105 Å². The van der Waals surface area contributed by atoms with Crippen LogP contribution in [0.15, 0.2) is 12.1 Å². The molecule has 18 heavy (non-hydrogen) atoms. The lowest BCUT2D eigenvalue weighted by molar-refractivity contribution is 0.570. The first-order valence-electron chi connectivity index (χ1n) is 5.49. The highest BCUT2D eigenvalue weighted by Crippen LogP contribution is 2.23. The Kier molecular flexibility index (Phi) is 4.64. The summed E-state index contributed by atoms with van der Waals surface area (Å²) in [7, 11) is -3.89. The molecule has 0 aliphatic heterocycles. The molecule has 7 heteroatoms. The highest BCUT2D eigenvalue weighted by atomic mass is 32.2. The smallest absolute Gasteiger partial charge is 0.237 e. The number of aryl methyl sites for hydroxylation is 1. The van der Waals surface area contributed by atoms with E-state index in [0.717, 1.165) is 6.07 Å². The first-order valence-corrected chi connectivity index (χ1v) is 7.04. The molecule has 1 unspecified atom stereocenters. The van der Waals surface area contributed by atoms with Crippen LogP contribution in [0.5, 0.6) is 0 Å². The number of halogens is 2. The van der Waals surface area contributed by atoms with Crippen molar-refractivity contribution >= 4 is 15.7 Å². The van der Waals surface area contributed by atoms with Gasteiger partial charge >= 0.3 is 0 Å². The molecule has 0 heterocycles. The van der Waals surface area contributed by atoms with Crippen molar-refractivity contribution in [3.63, 3.8) is 0 Å². The zero-order valence-corrected chi connectivity index (χ0v) is 11.0. The summed E-state index contributed by atoms with van der Waals surface area (Å²) in [5.74, 6) is -1.86. The summed E-state index contributed by atoms with van der Waals surface area (Å²) in [5, 5.41) is -0.878. The Morgan fingerprint density at radius 1 is 1.39 bits per heavy atom. The minimum absolute atomic E-state index is 0.110. The Morgan fingerprint density at radius 3 is 2.50 bits per heavy atom. The molecule has 4 nitrogen and oxygen atoms in total. The molecular weight excluding hydrogens is 262 g/mol. The summed E-state index contributed by atoms with van der Waals surface area (Å²) in [6.45, 7) is 2.95. The molecule has 0 spiro atoms. The molecule has 0 bridgehead atoms. The topological polar surface area (TPSA) is 72.2 Å². The van der Waals surface area contributed by atoms with E-state index in [4.69, 9.17) is 5.73 Å². The maximum Gasteiger partial charge on any atom is 0.237 e. The molecule has 0 radical (unpaired) electrons. The van der Waals surface area contributed by atoms with Crippen LogP contribution in [0.25, 0.3) is 0 Å². The number of benzene rings is 1. The molecule has 1 rings (SSSR count). The van der Waals surface area contributed by atoms with E-state index in [0.29, 0.717) is 0 Å². The van der Waals surface area contributed by atoms with Gasteiger partial charge in [-0.1, -0.05) is 13.0 Å². The summed E-state index contributed by atoms with van der Waals surface area (Å²) in [5.41, 5.74) is 4.83. The summed E-state index contributed by atoms with van der Waals surface area (Å²) in [6.07, 6.45) is 0.265. The van der Waals surface area contributed by atoms with Gasteiger partial charge in [-0.25, -0.2) is 17.2 Å². The van der Waals surface area contributed by atoms with Crippen LogP contribution in [0, 0.1) is 18.6 Å². The minimum atomic E-state index is -3.89. The summed E-state index contributed by atoms with van der Waals surface area (Å²) < 4.78 is 52.7. The molecule has 1 aromatic rings. The number of nitrogens with two attached hydrogens (primary N) is 1. The van der Waals surface area contributed by atoms with Gasteiger partial charge in [0.1, 0.15) is 11.5 Å². The molecule has 0 aromatic heterocycles. The maximum atomic E-state index is 13.7.